The maximum Gasteiger partial charge on any atom is 0.112 e. The van der Waals surface area contributed by atoms with Crippen molar-refractivity contribution in [3.05, 3.63) is 103 Å². The number of benzene rings is 3. The fraction of sp³-hybridized carbons (Fsp3) is 0.286. The Bertz CT molecular complexity index is 741. The first kappa shape index (κ1) is 21.5. The van der Waals surface area contributed by atoms with E-state index in [9.17, 15) is 0 Å². The lowest BCUT2D eigenvalue weighted by atomic mass is 10.2. The summed E-state index contributed by atoms with van der Waals surface area (Å²) in [6, 6.07) is 33.6. The highest BCUT2D eigenvalue weighted by Crippen LogP contribution is 2.55. The van der Waals surface area contributed by atoms with Crippen molar-refractivity contribution < 1.29 is 0 Å². The summed E-state index contributed by atoms with van der Waals surface area (Å²) < 4.78 is 0. The van der Waals surface area contributed by atoms with Crippen LogP contribution in [-0.4, -0.2) is 6.16 Å². The summed E-state index contributed by atoms with van der Waals surface area (Å²) in [7, 11) is -1.65. The number of hydrogen-bond donors (Lipinski definition) is 0. The molecule has 3 rings (SSSR count). The number of unbranched alkanes of at least 4 members (excludes halogenated alkanes) is 4. The summed E-state index contributed by atoms with van der Waals surface area (Å²) in [4.78, 5) is 0. The Morgan fingerprint density at radius 3 is 1.38 bits per heavy atom. The van der Waals surface area contributed by atoms with E-state index >= 15 is 0 Å². The zero-order valence-corrected chi connectivity index (χ0v) is 18.6. The second kappa shape index (κ2) is 11.7. The molecule has 150 valence electrons. The van der Waals surface area contributed by atoms with Gasteiger partial charge in [-0.3, -0.25) is 0 Å². The van der Waals surface area contributed by atoms with E-state index in [1.54, 1.807) is 0 Å². The van der Waals surface area contributed by atoms with Crippen molar-refractivity contribution in [3.8, 4) is 0 Å². The highest BCUT2D eigenvalue weighted by atomic mass is 31.2. The highest BCUT2D eigenvalue weighted by Gasteiger charge is 2.44. The monoisotopic (exact) mass is 401 g/mol. The third-order valence-corrected chi connectivity index (χ3v) is 10.1. The summed E-state index contributed by atoms with van der Waals surface area (Å²) in [5, 5.41) is 4.47. The molecular weight excluding hydrogens is 367 g/mol. The topological polar surface area (TPSA) is 0 Å². The molecule has 0 unspecified atom stereocenters. The molecular formula is C28H34P+. The summed E-state index contributed by atoms with van der Waals surface area (Å²) in [5.74, 6) is 0. The van der Waals surface area contributed by atoms with E-state index in [4.69, 9.17) is 0 Å². The van der Waals surface area contributed by atoms with E-state index in [1.165, 1.54) is 60.6 Å². The summed E-state index contributed by atoms with van der Waals surface area (Å²) in [6.45, 7) is 2.27. The van der Waals surface area contributed by atoms with Crippen molar-refractivity contribution >= 4 is 23.2 Å². The van der Waals surface area contributed by atoms with Crippen molar-refractivity contribution in [2.45, 2.75) is 45.4 Å². The third-order valence-electron chi connectivity index (χ3n) is 5.60. The first-order valence-corrected chi connectivity index (χ1v) is 13.1. The predicted octanol–water partition coefficient (Wildman–Crippen LogP) is 6.90. The van der Waals surface area contributed by atoms with Crippen LogP contribution in [0.4, 0.5) is 0 Å². The van der Waals surface area contributed by atoms with Gasteiger partial charge >= 0.3 is 0 Å². The second-order valence-electron chi connectivity index (χ2n) is 7.65. The van der Waals surface area contributed by atoms with E-state index in [1.807, 2.05) is 0 Å². The molecule has 0 aliphatic rings. The van der Waals surface area contributed by atoms with Crippen molar-refractivity contribution in [2.75, 3.05) is 6.16 Å². The zero-order chi connectivity index (χ0) is 20.2. The van der Waals surface area contributed by atoms with Crippen LogP contribution < -0.4 is 15.9 Å². The van der Waals surface area contributed by atoms with E-state index < -0.39 is 7.26 Å². The predicted molar refractivity (Wildman–Crippen MR) is 133 cm³/mol. The number of rotatable bonds is 11. The van der Waals surface area contributed by atoms with Crippen LogP contribution in [0, 0.1) is 0 Å². The smallest absolute Gasteiger partial charge is 0.0885 e. The SMILES string of the molecule is CCCCCC=CCCC[P+](c1ccccc1)(c1ccccc1)c1ccccc1. The van der Waals surface area contributed by atoms with Gasteiger partial charge in [0.1, 0.15) is 23.2 Å². The van der Waals surface area contributed by atoms with Crippen LogP contribution >= 0.6 is 7.26 Å². The lowest BCUT2D eigenvalue weighted by Crippen LogP contribution is -2.33. The Labute approximate surface area is 178 Å². The van der Waals surface area contributed by atoms with Gasteiger partial charge in [-0.1, -0.05) is 86.5 Å². The Hall–Kier alpha value is -2.17. The molecule has 0 N–H and O–H groups in total. The van der Waals surface area contributed by atoms with Crippen molar-refractivity contribution in [1.82, 2.24) is 0 Å². The number of allylic oxidation sites excluding steroid dienone is 2. The average molecular weight is 402 g/mol. The van der Waals surface area contributed by atoms with Crippen LogP contribution in [-0.2, 0) is 0 Å². The second-order valence-corrected chi connectivity index (χ2v) is 11.3. The van der Waals surface area contributed by atoms with Crippen LogP contribution in [0.3, 0.4) is 0 Å². The van der Waals surface area contributed by atoms with Gasteiger partial charge in [0.25, 0.3) is 0 Å². The fourth-order valence-corrected chi connectivity index (χ4v) is 8.45. The van der Waals surface area contributed by atoms with E-state index in [-0.39, 0.29) is 0 Å². The van der Waals surface area contributed by atoms with Gasteiger partial charge in [0.15, 0.2) is 0 Å². The van der Waals surface area contributed by atoms with Gasteiger partial charge in [-0.25, -0.2) is 0 Å². The van der Waals surface area contributed by atoms with Gasteiger partial charge in [-0.15, -0.1) is 0 Å². The molecule has 0 amide bonds. The number of hydrogen-bond acceptors (Lipinski definition) is 0. The minimum atomic E-state index is -1.65. The highest BCUT2D eigenvalue weighted by molar-refractivity contribution is 7.95. The zero-order valence-electron chi connectivity index (χ0n) is 17.7. The Morgan fingerprint density at radius 1 is 0.552 bits per heavy atom. The first-order valence-electron chi connectivity index (χ1n) is 11.1. The van der Waals surface area contributed by atoms with Gasteiger partial charge in [-0.05, 0) is 62.1 Å². The molecule has 0 aliphatic heterocycles. The molecule has 0 heterocycles. The largest absolute Gasteiger partial charge is 0.112 e. The summed E-state index contributed by atoms with van der Waals surface area (Å²) >= 11 is 0. The molecule has 29 heavy (non-hydrogen) atoms. The normalized spacial score (nSPS) is 11.8. The maximum absolute atomic E-state index is 2.41. The Kier molecular flexibility index (Phi) is 8.72. The molecule has 0 spiro atoms. The fourth-order valence-electron chi connectivity index (χ4n) is 4.08. The Balaban J connectivity index is 1.89. The average Bonchev–Trinajstić information content (AvgIpc) is 2.80. The van der Waals surface area contributed by atoms with E-state index in [0.717, 1.165) is 0 Å². The molecule has 0 fully saturated rings. The molecule has 0 atom stereocenters. The lowest BCUT2D eigenvalue weighted by Gasteiger charge is -2.27. The minimum absolute atomic E-state index is 1.17. The molecule has 0 aromatic heterocycles. The molecule has 0 nitrogen and oxygen atoms in total. The van der Waals surface area contributed by atoms with Crippen molar-refractivity contribution in [3.63, 3.8) is 0 Å². The van der Waals surface area contributed by atoms with Gasteiger partial charge in [0.05, 0.1) is 6.16 Å². The van der Waals surface area contributed by atoms with Crippen LogP contribution in [0.1, 0.15) is 45.4 Å². The molecule has 3 aromatic rings. The molecule has 0 saturated heterocycles. The summed E-state index contributed by atoms with van der Waals surface area (Å²) in [5.41, 5.74) is 0. The van der Waals surface area contributed by atoms with Gasteiger partial charge in [0.2, 0.25) is 0 Å². The third kappa shape index (κ3) is 5.68. The van der Waals surface area contributed by atoms with Crippen molar-refractivity contribution in [2.24, 2.45) is 0 Å². The van der Waals surface area contributed by atoms with Crippen LogP contribution in [0.5, 0.6) is 0 Å². The van der Waals surface area contributed by atoms with Gasteiger partial charge in [0, 0.05) is 0 Å². The molecule has 0 aliphatic carbocycles. The van der Waals surface area contributed by atoms with E-state index in [0.29, 0.717) is 0 Å². The molecule has 0 bridgehead atoms. The Morgan fingerprint density at radius 2 is 0.966 bits per heavy atom. The first-order chi connectivity index (χ1) is 14.4. The van der Waals surface area contributed by atoms with Crippen LogP contribution in [0.2, 0.25) is 0 Å². The van der Waals surface area contributed by atoms with Crippen LogP contribution in [0.15, 0.2) is 103 Å². The van der Waals surface area contributed by atoms with Crippen LogP contribution in [0.25, 0.3) is 0 Å². The molecule has 1 heteroatoms. The molecule has 0 saturated carbocycles. The maximum atomic E-state index is 2.41. The van der Waals surface area contributed by atoms with Crippen molar-refractivity contribution in [1.29, 1.82) is 0 Å². The minimum Gasteiger partial charge on any atom is -0.0885 e. The lowest BCUT2D eigenvalue weighted by molar-refractivity contribution is 0.727. The summed E-state index contributed by atoms with van der Waals surface area (Å²) in [6.07, 6.45) is 13.6. The van der Waals surface area contributed by atoms with Gasteiger partial charge < -0.3 is 0 Å². The molecule has 3 aromatic carbocycles. The standard InChI is InChI=1S/C28H34P/c1-2-3-4-5-6-7-8-18-25-29(26-19-12-9-13-20-26,27-21-14-10-15-22-27)28-23-16-11-17-24-28/h6-7,9-17,19-24H,2-5,8,18,25H2,1H3/q+1. The van der Waals surface area contributed by atoms with Gasteiger partial charge in [-0.2, -0.15) is 0 Å². The van der Waals surface area contributed by atoms with E-state index in [2.05, 4.69) is 110 Å². The quantitative estimate of drug-likeness (QED) is 0.186. The molecule has 0 radical (unpaired) electrons.